The molecule has 0 saturated carbocycles. The maximum atomic E-state index is 12.5. The Kier molecular flexibility index (Phi) is 5.86. The van der Waals surface area contributed by atoms with Gasteiger partial charge in [-0.25, -0.2) is 0 Å². The van der Waals surface area contributed by atoms with Crippen molar-refractivity contribution in [2.24, 2.45) is 5.92 Å². The number of hydrogen-bond donors (Lipinski definition) is 2. The van der Waals surface area contributed by atoms with E-state index in [9.17, 15) is 19.5 Å². The summed E-state index contributed by atoms with van der Waals surface area (Å²) < 4.78 is 0. The van der Waals surface area contributed by atoms with Gasteiger partial charge in [0, 0.05) is 19.0 Å². The van der Waals surface area contributed by atoms with E-state index in [1.165, 1.54) is 4.90 Å². The van der Waals surface area contributed by atoms with Crippen molar-refractivity contribution < 1.29 is 19.5 Å². The average Bonchev–Trinajstić information content (AvgIpc) is 3.13. The van der Waals surface area contributed by atoms with Crippen molar-refractivity contribution in [2.75, 3.05) is 19.6 Å². The van der Waals surface area contributed by atoms with Crippen LogP contribution in [0, 0.1) is 5.92 Å². The monoisotopic (exact) mass is 366 g/mol. The minimum Gasteiger partial charge on any atom is -0.481 e. The number of aliphatic carboxylic acids is 1. The zero-order chi connectivity index (χ0) is 19.2. The standard InChI is InChI=1S/C21H22N2O4/c24-19(11-15-7-3-1-4-8-15)22-12-20(25)23-13-17(18(14-23)21(26)27)16-9-5-2-6-10-16/h1-10,17-18H,11-14H2,(H,22,24)(H,26,27). The van der Waals surface area contributed by atoms with Crippen LogP contribution in [0.5, 0.6) is 0 Å². The summed E-state index contributed by atoms with van der Waals surface area (Å²) in [4.78, 5) is 37.6. The molecule has 2 aromatic carbocycles. The molecule has 2 atom stereocenters. The number of amides is 2. The first-order valence-corrected chi connectivity index (χ1v) is 8.90. The molecule has 2 amide bonds. The quantitative estimate of drug-likeness (QED) is 0.814. The second-order valence-corrected chi connectivity index (χ2v) is 6.70. The summed E-state index contributed by atoms with van der Waals surface area (Å²) in [6, 6.07) is 18.7. The van der Waals surface area contributed by atoms with Gasteiger partial charge >= 0.3 is 5.97 Å². The van der Waals surface area contributed by atoms with Crippen LogP contribution in [0.2, 0.25) is 0 Å². The molecule has 6 heteroatoms. The molecule has 140 valence electrons. The maximum absolute atomic E-state index is 12.5. The van der Waals surface area contributed by atoms with Gasteiger partial charge in [-0.2, -0.15) is 0 Å². The van der Waals surface area contributed by atoms with E-state index in [-0.39, 0.29) is 37.2 Å². The Bertz CT molecular complexity index is 807. The number of rotatable bonds is 6. The summed E-state index contributed by atoms with van der Waals surface area (Å²) in [7, 11) is 0. The lowest BCUT2D eigenvalue weighted by Crippen LogP contribution is -2.40. The molecular formula is C21H22N2O4. The highest BCUT2D eigenvalue weighted by atomic mass is 16.4. The molecule has 6 nitrogen and oxygen atoms in total. The minimum absolute atomic E-state index is 0.125. The van der Waals surface area contributed by atoms with Crippen LogP contribution in [0.1, 0.15) is 17.0 Å². The Hall–Kier alpha value is -3.15. The second-order valence-electron chi connectivity index (χ2n) is 6.70. The van der Waals surface area contributed by atoms with Crippen LogP contribution in [0.25, 0.3) is 0 Å². The van der Waals surface area contributed by atoms with Crippen LogP contribution >= 0.6 is 0 Å². The SMILES string of the molecule is O=C(Cc1ccccc1)NCC(=O)N1CC(C(=O)O)C(c2ccccc2)C1. The third-order valence-electron chi connectivity index (χ3n) is 4.86. The number of carboxylic acid groups (broad SMARTS) is 1. The van der Waals surface area contributed by atoms with E-state index < -0.39 is 11.9 Å². The van der Waals surface area contributed by atoms with Gasteiger partial charge < -0.3 is 15.3 Å². The lowest BCUT2D eigenvalue weighted by Gasteiger charge is -2.17. The van der Waals surface area contributed by atoms with E-state index in [2.05, 4.69) is 5.32 Å². The van der Waals surface area contributed by atoms with Gasteiger partial charge in [0.2, 0.25) is 11.8 Å². The number of carbonyl (C=O) groups is 3. The Morgan fingerprint density at radius 3 is 2.22 bits per heavy atom. The molecule has 0 bridgehead atoms. The number of carboxylic acids is 1. The summed E-state index contributed by atoms with van der Waals surface area (Å²) in [5, 5.41) is 12.1. The van der Waals surface area contributed by atoms with Crippen molar-refractivity contribution in [3.05, 3.63) is 71.8 Å². The van der Waals surface area contributed by atoms with E-state index >= 15 is 0 Å². The van der Waals surface area contributed by atoms with Crippen molar-refractivity contribution in [2.45, 2.75) is 12.3 Å². The fourth-order valence-corrected chi connectivity index (χ4v) is 3.43. The third kappa shape index (κ3) is 4.73. The smallest absolute Gasteiger partial charge is 0.308 e. The molecule has 1 fully saturated rings. The number of benzene rings is 2. The van der Waals surface area contributed by atoms with E-state index in [0.717, 1.165) is 11.1 Å². The highest BCUT2D eigenvalue weighted by Gasteiger charge is 2.40. The van der Waals surface area contributed by atoms with Crippen molar-refractivity contribution >= 4 is 17.8 Å². The normalized spacial score (nSPS) is 18.9. The zero-order valence-corrected chi connectivity index (χ0v) is 14.9. The van der Waals surface area contributed by atoms with Crippen LogP contribution in [0.3, 0.4) is 0 Å². The molecule has 3 rings (SSSR count). The van der Waals surface area contributed by atoms with Crippen LogP contribution in [-0.4, -0.2) is 47.4 Å². The topological polar surface area (TPSA) is 86.7 Å². The summed E-state index contributed by atoms with van der Waals surface area (Å²) in [5.41, 5.74) is 1.78. The van der Waals surface area contributed by atoms with E-state index in [1.807, 2.05) is 60.7 Å². The lowest BCUT2D eigenvalue weighted by molar-refractivity contribution is -0.142. The van der Waals surface area contributed by atoms with Crippen LogP contribution in [-0.2, 0) is 20.8 Å². The highest BCUT2D eigenvalue weighted by molar-refractivity contribution is 5.86. The van der Waals surface area contributed by atoms with Gasteiger partial charge in [-0.3, -0.25) is 14.4 Å². The number of nitrogens with one attached hydrogen (secondary N) is 1. The van der Waals surface area contributed by atoms with E-state index in [0.29, 0.717) is 6.54 Å². The Labute approximate surface area is 157 Å². The van der Waals surface area contributed by atoms with Crippen molar-refractivity contribution in [3.8, 4) is 0 Å². The number of carbonyl (C=O) groups excluding carboxylic acids is 2. The summed E-state index contributed by atoms with van der Waals surface area (Å²) >= 11 is 0. The van der Waals surface area contributed by atoms with Crippen LogP contribution in [0.4, 0.5) is 0 Å². The van der Waals surface area contributed by atoms with Crippen LogP contribution < -0.4 is 5.32 Å². The molecular weight excluding hydrogens is 344 g/mol. The average molecular weight is 366 g/mol. The fraction of sp³-hybridized carbons (Fsp3) is 0.286. The highest BCUT2D eigenvalue weighted by Crippen LogP contribution is 2.32. The van der Waals surface area contributed by atoms with Gasteiger partial charge in [0.25, 0.3) is 0 Å². The van der Waals surface area contributed by atoms with Gasteiger partial charge in [0.05, 0.1) is 18.9 Å². The molecule has 0 aromatic heterocycles. The molecule has 2 unspecified atom stereocenters. The predicted octanol–water partition coefficient (Wildman–Crippen LogP) is 1.67. The summed E-state index contributed by atoms with van der Waals surface area (Å²) in [6.07, 6.45) is 0.207. The van der Waals surface area contributed by atoms with Gasteiger partial charge in [0.15, 0.2) is 0 Å². The molecule has 1 saturated heterocycles. The molecule has 2 aromatic rings. The molecule has 0 spiro atoms. The summed E-state index contributed by atoms with van der Waals surface area (Å²) in [5.74, 6) is -2.29. The zero-order valence-electron chi connectivity index (χ0n) is 14.9. The Morgan fingerprint density at radius 1 is 0.963 bits per heavy atom. The molecule has 1 heterocycles. The first-order chi connectivity index (χ1) is 13.0. The molecule has 0 radical (unpaired) electrons. The van der Waals surface area contributed by atoms with Gasteiger partial charge in [-0.15, -0.1) is 0 Å². The van der Waals surface area contributed by atoms with Gasteiger partial charge in [0.1, 0.15) is 0 Å². The molecule has 0 aliphatic carbocycles. The predicted molar refractivity (Wildman–Crippen MR) is 100 cm³/mol. The first-order valence-electron chi connectivity index (χ1n) is 8.90. The molecule has 1 aliphatic rings. The second kappa shape index (κ2) is 8.49. The summed E-state index contributed by atoms with van der Waals surface area (Å²) in [6.45, 7) is 0.371. The largest absolute Gasteiger partial charge is 0.481 e. The van der Waals surface area contributed by atoms with Gasteiger partial charge in [-0.1, -0.05) is 60.7 Å². The van der Waals surface area contributed by atoms with Crippen molar-refractivity contribution in [3.63, 3.8) is 0 Å². The van der Waals surface area contributed by atoms with Crippen molar-refractivity contribution in [1.82, 2.24) is 10.2 Å². The number of nitrogens with zero attached hydrogens (tertiary/aromatic N) is 1. The lowest BCUT2D eigenvalue weighted by atomic mass is 9.89. The molecule has 1 aliphatic heterocycles. The van der Waals surface area contributed by atoms with Crippen LogP contribution in [0.15, 0.2) is 60.7 Å². The van der Waals surface area contributed by atoms with Crippen molar-refractivity contribution in [1.29, 1.82) is 0 Å². The van der Waals surface area contributed by atoms with Gasteiger partial charge in [-0.05, 0) is 11.1 Å². The maximum Gasteiger partial charge on any atom is 0.308 e. The third-order valence-corrected chi connectivity index (χ3v) is 4.86. The first kappa shape index (κ1) is 18.6. The number of likely N-dealkylation sites (tertiary alicyclic amines) is 1. The molecule has 2 N–H and O–H groups in total. The molecule has 27 heavy (non-hydrogen) atoms. The minimum atomic E-state index is -0.910. The fourth-order valence-electron chi connectivity index (χ4n) is 3.43. The van der Waals surface area contributed by atoms with E-state index in [4.69, 9.17) is 0 Å². The number of hydrogen-bond acceptors (Lipinski definition) is 3. The Morgan fingerprint density at radius 2 is 1.59 bits per heavy atom. The Balaban J connectivity index is 1.57. The van der Waals surface area contributed by atoms with E-state index in [1.54, 1.807) is 0 Å².